The zero-order valence-electron chi connectivity index (χ0n) is 12.9. The predicted octanol–water partition coefficient (Wildman–Crippen LogP) is 3.30. The number of aliphatic imine (C=N–C) groups is 2. The molecule has 0 aromatic heterocycles. The summed E-state index contributed by atoms with van der Waals surface area (Å²) in [5, 5.41) is 19.6. The van der Waals surface area contributed by atoms with Gasteiger partial charge in [-0.3, -0.25) is 9.98 Å². The zero-order valence-corrected chi connectivity index (χ0v) is 12.9. The van der Waals surface area contributed by atoms with Gasteiger partial charge in [0.2, 0.25) is 0 Å². The number of hydrogen-bond acceptors (Lipinski definition) is 4. The van der Waals surface area contributed by atoms with Gasteiger partial charge in [-0.2, -0.15) is 0 Å². The van der Waals surface area contributed by atoms with E-state index in [1.807, 2.05) is 36.4 Å². The molecule has 122 valence electrons. The monoisotopic (exact) mass is 332 g/mol. The molecule has 0 atom stereocenters. The molecule has 6 heteroatoms. The average molecular weight is 332 g/mol. The van der Waals surface area contributed by atoms with Crippen LogP contribution < -0.4 is 0 Å². The molecule has 0 bridgehead atoms. The van der Waals surface area contributed by atoms with Crippen LogP contribution >= 0.6 is 0 Å². The molecule has 0 unspecified atom stereocenters. The Balaban J connectivity index is 0.00000169. The van der Waals surface area contributed by atoms with Crippen molar-refractivity contribution in [2.24, 2.45) is 9.98 Å². The first-order valence-electron chi connectivity index (χ1n) is 7.47. The van der Waals surface area contributed by atoms with Crippen LogP contribution in [0.1, 0.15) is 11.1 Å². The fourth-order valence-corrected chi connectivity index (χ4v) is 2.15. The van der Waals surface area contributed by atoms with Gasteiger partial charge in [-0.1, -0.05) is 36.4 Å². The standard InChI is InChI=1S/C20H16N2O2.2Li.2H/c23-19-11-5-1-7-15(19)13-21-17-9-3-4-10-18(17)22-14-16-8-2-6-12-20(16)24;;;;/h1-14,23-24H;;;;. The molecule has 3 rings (SSSR count). The van der Waals surface area contributed by atoms with Crippen LogP contribution in [-0.4, -0.2) is 60.4 Å². The van der Waals surface area contributed by atoms with E-state index in [0.717, 1.165) is 0 Å². The Morgan fingerprint density at radius 2 is 0.885 bits per heavy atom. The van der Waals surface area contributed by atoms with Crippen LogP contribution in [0.4, 0.5) is 11.4 Å². The predicted molar refractivity (Wildman–Crippen MR) is 111 cm³/mol. The van der Waals surface area contributed by atoms with Crippen LogP contribution in [0.5, 0.6) is 11.5 Å². The minimum absolute atomic E-state index is 0. The van der Waals surface area contributed by atoms with Gasteiger partial charge in [-0.25, -0.2) is 0 Å². The summed E-state index contributed by atoms with van der Waals surface area (Å²) in [6, 6.07) is 21.4. The van der Waals surface area contributed by atoms with E-state index in [1.54, 1.807) is 48.8 Å². The number of benzene rings is 3. The Morgan fingerprint density at radius 3 is 1.27 bits per heavy atom. The number of phenolic OH excluding ortho intramolecular Hbond substituents is 2. The zero-order chi connectivity index (χ0) is 16.8. The molecule has 3 aromatic carbocycles. The van der Waals surface area contributed by atoms with Gasteiger partial charge in [0.1, 0.15) is 11.5 Å². The quantitative estimate of drug-likeness (QED) is 0.569. The summed E-state index contributed by atoms with van der Waals surface area (Å²) in [5.74, 6) is 0.355. The molecule has 3 aromatic rings. The van der Waals surface area contributed by atoms with Crippen molar-refractivity contribution < 1.29 is 10.2 Å². The number of para-hydroxylation sites is 4. The molecule has 0 radical (unpaired) electrons. The van der Waals surface area contributed by atoms with Gasteiger partial charge in [-0.05, 0) is 36.4 Å². The van der Waals surface area contributed by atoms with Crippen LogP contribution in [0.25, 0.3) is 0 Å². The Morgan fingerprint density at radius 1 is 0.538 bits per heavy atom. The molecular formula is C20H18Li2N2O2. The molecule has 26 heavy (non-hydrogen) atoms. The van der Waals surface area contributed by atoms with Gasteiger partial charge in [0.15, 0.2) is 0 Å². The van der Waals surface area contributed by atoms with E-state index in [1.165, 1.54) is 0 Å². The molecular weight excluding hydrogens is 314 g/mol. The molecule has 0 saturated heterocycles. The second-order valence-corrected chi connectivity index (χ2v) is 5.12. The normalized spacial score (nSPS) is 10.5. The van der Waals surface area contributed by atoms with Gasteiger partial charge in [0.25, 0.3) is 0 Å². The summed E-state index contributed by atoms with van der Waals surface area (Å²) in [7, 11) is 0. The Kier molecular flexibility index (Phi) is 9.00. The third-order valence-corrected chi connectivity index (χ3v) is 3.44. The third kappa shape index (κ3) is 5.66. The van der Waals surface area contributed by atoms with Crippen LogP contribution in [0.3, 0.4) is 0 Å². The summed E-state index contributed by atoms with van der Waals surface area (Å²) in [4.78, 5) is 8.82. The summed E-state index contributed by atoms with van der Waals surface area (Å²) < 4.78 is 0. The SMILES string of the molecule is Oc1ccccc1C=Nc1ccccc1N=Cc1ccccc1O.[LiH].[LiH]. The first-order chi connectivity index (χ1) is 11.7. The number of aromatic hydroxyl groups is 2. The van der Waals surface area contributed by atoms with E-state index in [4.69, 9.17) is 0 Å². The summed E-state index contributed by atoms with van der Waals surface area (Å²) in [5.41, 5.74) is 2.62. The van der Waals surface area contributed by atoms with Gasteiger partial charge in [-0.15, -0.1) is 0 Å². The van der Waals surface area contributed by atoms with Gasteiger partial charge in [0, 0.05) is 23.6 Å². The van der Waals surface area contributed by atoms with Crippen molar-refractivity contribution in [3.8, 4) is 11.5 Å². The molecule has 0 heterocycles. The first-order valence-corrected chi connectivity index (χ1v) is 7.47. The molecule has 0 spiro atoms. The van der Waals surface area contributed by atoms with Crippen molar-refractivity contribution in [2.45, 2.75) is 0 Å². The average Bonchev–Trinajstić information content (AvgIpc) is 2.61. The number of hydrogen-bond donors (Lipinski definition) is 2. The Labute approximate surface area is 176 Å². The van der Waals surface area contributed by atoms with Crippen LogP contribution in [0, 0.1) is 0 Å². The van der Waals surface area contributed by atoms with Crippen LogP contribution in [0.15, 0.2) is 82.8 Å². The second kappa shape index (κ2) is 10.7. The molecule has 4 nitrogen and oxygen atoms in total. The maximum atomic E-state index is 9.79. The van der Waals surface area contributed by atoms with E-state index in [0.29, 0.717) is 22.5 Å². The fraction of sp³-hybridized carbons (Fsp3) is 0. The second-order valence-electron chi connectivity index (χ2n) is 5.12. The van der Waals surface area contributed by atoms with E-state index >= 15 is 0 Å². The number of nitrogens with zero attached hydrogens (tertiary/aromatic N) is 2. The Hall–Kier alpha value is -2.21. The van der Waals surface area contributed by atoms with E-state index in [9.17, 15) is 10.2 Å². The van der Waals surface area contributed by atoms with E-state index in [-0.39, 0.29) is 49.2 Å². The molecule has 0 aliphatic carbocycles. The minimum atomic E-state index is 0. The summed E-state index contributed by atoms with van der Waals surface area (Å²) in [6.07, 6.45) is 3.20. The Bertz CT molecular complexity index is 837. The fourth-order valence-electron chi connectivity index (χ4n) is 2.15. The van der Waals surface area contributed by atoms with Gasteiger partial charge < -0.3 is 10.2 Å². The van der Waals surface area contributed by atoms with Gasteiger partial charge >= 0.3 is 37.7 Å². The third-order valence-electron chi connectivity index (χ3n) is 3.44. The van der Waals surface area contributed by atoms with Crippen molar-refractivity contribution in [1.29, 1.82) is 0 Å². The molecule has 0 aliphatic heterocycles. The molecule has 2 N–H and O–H groups in total. The van der Waals surface area contributed by atoms with Crippen molar-refractivity contribution in [3.05, 3.63) is 83.9 Å². The van der Waals surface area contributed by atoms with Crippen molar-refractivity contribution in [1.82, 2.24) is 0 Å². The van der Waals surface area contributed by atoms with Gasteiger partial charge in [0.05, 0.1) is 11.4 Å². The number of phenols is 2. The molecule has 0 fully saturated rings. The molecule has 0 aliphatic rings. The van der Waals surface area contributed by atoms with E-state index in [2.05, 4.69) is 9.98 Å². The van der Waals surface area contributed by atoms with Crippen LogP contribution in [0.2, 0.25) is 0 Å². The first kappa shape index (κ1) is 21.8. The number of rotatable bonds is 4. The summed E-state index contributed by atoms with van der Waals surface area (Å²) >= 11 is 0. The topological polar surface area (TPSA) is 65.2 Å². The van der Waals surface area contributed by atoms with Crippen LogP contribution in [-0.2, 0) is 0 Å². The van der Waals surface area contributed by atoms with Crippen molar-refractivity contribution in [2.75, 3.05) is 0 Å². The molecule has 0 amide bonds. The van der Waals surface area contributed by atoms with Crippen molar-refractivity contribution >= 4 is 61.5 Å². The summed E-state index contributed by atoms with van der Waals surface area (Å²) in [6.45, 7) is 0. The molecule has 0 saturated carbocycles. The van der Waals surface area contributed by atoms with E-state index < -0.39 is 0 Å². The van der Waals surface area contributed by atoms with Crippen molar-refractivity contribution in [3.63, 3.8) is 0 Å². The maximum absolute atomic E-state index is 9.79.